The Morgan fingerprint density at radius 1 is 1.32 bits per heavy atom. The molecule has 0 aliphatic carbocycles. The van der Waals surface area contributed by atoms with E-state index in [0.717, 1.165) is 12.8 Å². The third kappa shape index (κ3) is 2.53. The first-order valence-electron chi connectivity index (χ1n) is 6.81. The molecule has 4 nitrogen and oxygen atoms in total. The van der Waals surface area contributed by atoms with E-state index >= 15 is 0 Å². The van der Waals surface area contributed by atoms with Gasteiger partial charge >= 0.3 is 0 Å². The molecular weight excluding hydrogens is 240 g/mol. The number of nitrogens with zero attached hydrogens (tertiary/aromatic N) is 1. The number of methoxy groups -OCH3 is 1. The average Bonchev–Trinajstić information content (AvgIpc) is 2.38. The maximum absolute atomic E-state index is 12.7. The number of amides is 1. The Morgan fingerprint density at radius 3 is 2.53 bits per heavy atom. The lowest BCUT2D eigenvalue weighted by atomic mass is 9.96. The number of carbonyl (C=O) groups is 1. The lowest BCUT2D eigenvalue weighted by Crippen LogP contribution is -2.47. The number of para-hydroxylation sites is 1. The van der Waals surface area contributed by atoms with Crippen LogP contribution in [0.25, 0.3) is 0 Å². The van der Waals surface area contributed by atoms with E-state index in [9.17, 15) is 4.79 Å². The van der Waals surface area contributed by atoms with Gasteiger partial charge in [-0.2, -0.15) is 0 Å². The lowest BCUT2D eigenvalue weighted by molar-refractivity contribution is 0.0507. The maximum atomic E-state index is 12.7. The quantitative estimate of drug-likeness (QED) is 0.834. The van der Waals surface area contributed by atoms with E-state index < -0.39 is 0 Å². The van der Waals surface area contributed by atoms with Gasteiger partial charge in [0, 0.05) is 12.1 Å². The largest absolute Gasteiger partial charge is 0.494 e. The number of anilines is 1. The summed E-state index contributed by atoms with van der Waals surface area (Å²) in [5.41, 5.74) is 6.94. The van der Waals surface area contributed by atoms with Crippen molar-refractivity contribution in [3.63, 3.8) is 0 Å². The van der Waals surface area contributed by atoms with Crippen LogP contribution in [-0.4, -0.2) is 30.0 Å². The highest BCUT2D eigenvalue weighted by atomic mass is 16.5. The zero-order valence-corrected chi connectivity index (χ0v) is 11.8. The van der Waals surface area contributed by atoms with E-state index in [-0.39, 0.29) is 18.0 Å². The molecular formula is C15H22N2O2. The first kappa shape index (κ1) is 13.7. The molecule has 1 saturated heterocycles. The molecule has 1 aromatic carbocycles. The molecule has 1 aliphatic heterocycles. The number of ether oxygens (including phenoxy) is 1. The molecule has 0 unspecified atom stereocenters. The first-order valence-corrected chi connectivity index (χ1v) is 6.81. The van der Waals surface area contributed by atoms with Gasteiger partial charge in [0.15, 0.2) is 5.75 Å². The van der Waals surface area contributed by atoms with Crippen LogP contribution in [-0.2, 0) is 0 Å². The number of benzene rings is 1. The van der Waals surface area contributed by atoms with Gasteiger partial charge in [-0.05, 0) is 45.2 Å². The van der Waals surface area contributed by atoms with E-state index in [4.69, 9.17) is 10.5 Å². The minimum Gasteiger partial charge on any atom is -0.494 e. The van der Waals surface area contributed by atoms with Crippen molar-refractivity contribution in [3.8, 4) is 5.75 Å². The fourth-order valence-corrected chi connectivity index (χ4v) is 2.91. The van der Waals surface area contributed by atoms with Gasteiger partial charge in [0.2, 0.25) is 0 Å². The van der Waals surface area contributed by atoms with E-state index in [1.807, 2.05) is 4.90 Å². The molecule has 0 aromatic heterocycles. The van der Waals surface area contributed by atoms with Gasteiger partial charge in [0.05, 0.1) is 18.4 Å². The Morgan fingerprint density at radius 2 is 1.95 bits per heavy atom. The normalized spacial score (nSPS) is 23.2. The second kappa shape index (κ2) is 5.51. The van der Waals surface area contributed by atoms with Crippen LogP contribution in [0, 0.1) is 0 Å². The summed E-state index contributed by atoms with van der Waals surface area (Å²) in [6.45, 7) is 4.21. The van der Waals surface area contributed by atoms with Crippen LogP contribution in [0.2, 0.25) is 0 Å². The highest BCUT2D eigenvalue weighted by Gasteiger charge is 2.31. The summed E-state index contributed by atoms with van der Waals surface area (Å²) in [5.74, 6) is 0.501. The number of hydrogen-bond acceptors (Lipinski definition) is 3. The number of hydrogen-bond donors (Lipinski definition) is 1. The Kier molecular flexibility index (Phi) is 3.98. The van der Waals surface area contributed by atoms with Crippen LogP contribution in [0.4, 0.5) is 5.69 Å². The lowest BCUT2D eigenvalue weighted by Gasteiger charge is -2.39. The van der Waals surface area contributed by atoms with Gasteiger partial charge in [-0.15, -0.1) is 0 Å². The van der Waals surface area contributed by atoms with Gasteiger partial charge in [0.25, 0.3) is 5.91 Å². The Hall–Kier alpha value is -1.71. The summed E-state index contributed by atoms with van der Waals surface area (Å²) >= 11 is 0. The van der Waals surface area contributed by atoms with Gasteiger partial charge < -0.3 is 15.4 Å². The van der Waals surface area contributed by atoms with Crippen LogP contribution in [0.1, 0.15) is 43.5 Å². The van der Waals surface area contributed by atoms with Crippen molar-refractivity contribution < 1.29 is 9.53 Å². The summed E-state index contributed by atoms with van der Waals surface area (Å²) in [7, 11) is 1.55. The average molecular weight is 262 g/mol. The Bertz CT molecular complexity index is 463. The maximum Gasteiger partial charge on any atom is 0.258 e. The summed E-state index contributed by atoms with van der Waals surface area (Å²) in [6.07, 6.45) is 3.29. The van der Waals surface area contributed by atoms with Gasteiger partial charge in [-0.3, -0.25) is 4.79 Å². The van der Waals surface area contributed by atoms with Crippen molar-refractivity contribution in [3.05, 3.63) is 23.8 Å². The van der Waals surface area contributed by atoms with Crippen LogP contribution < -0.4 is 10.5 Å². The minimum atomic E-state index is 0.0175. The second-order valence-electron chi connectivity index (χ2n) is 5.27. The van der Waals surface area contributed by atoms with Gasteiger partial charge in [0.1, 0.15) is 0 Å². The van der Waals surface area contributed by atoms with Crippen molar-refractivity contribution in [2.24, 2.45) is 0 Å². The number of nitrogen functional groups attached to an aromatic ring is 1. The third-order valence-corrected chi connectivity index (χ3v) is 3.91. The number of rotatable bonds is 2. The molecule has 0 spiro atoms. The van der Waals surface area contributed by atoms with Crippen molar-refractivity contribution in [2.45, 2.75) is 45.2 Å². The van der Waals surface area contributed by atoms with E-state index in [1.165, 1.54) is 6.42 Å². The number of carbonyl (C=O) groups excluding carboxylic acids is 1. The van der Waals surface area contributed by atoms with Crippen molar-refractivity contribution in [2.75, 3.05) is 12.8 Å². The SMILES string of the molecule is COc1c(N)cccc1C(=O)N1[C@H](C)CCC[C@@H]1C. The molecule has 104 valence electrons. The predicted molar refractivity (Wildman–Crippen MR) is 76.4 cm³/mol. The summed E-state index contributed by atoms with van der Waals surface area (Å²) in [5, 5.41) is 0. The molecule has 4 heteroatoms. The smallest absolute Gasteiger partial charge is 0.258 e. The molecule has 2 N–H and O–H groups in total. The molecule has 0 radical (unpaired) electrons. The topological polar surface area (TPSA) is 55.6 Å². The first-order chi connectivity index (χ1) is 9.06. The number of piperidine rings is 1. The van der Waals surface area contributed by atoms with Crippen LogP contribution in [0.3, 0.4) is 0 Å². The molecule has 1 amide bonds. The molecule has 19 heavy (non-hydrogen) atoms. The molecule has 1 aliphatic rings. The van der Waals surface area contributed by atoms with Crippen LogP contribution in [0.5, 0.6) is 5.75 Å². The molecule has 1 fully saturated rings. The van der Waals surface area contributed by atoms with Crippen molar-refractivity contribution in [1.82, 2.24) is 4.90 Å². The molecule has 0 bridgehead atoms. The Labute approximate surface area is 114 Å². The highest BCUT2D eigenvalue weighted by Crippen LogP contribution is 2.31. The number of likely N-dealkylation sites (tertiary alicyclic amines) is 1. The van der Waals surface area contributed by atoms with E-state index in [1.54, 1.807) is 25.3 Å². The van der Waals surface area contributed by atoms with E-state index in [2.05, 4.69) is 13.8 Å². The molecule has 1 aromatic rings. The monoisotopic (exact) mass is 262 g/mol. The van der Waals surface area contributed by atoms with Crippen molar-refractivity contribution >= 4 is 11.6 Å². The fourth-order valence-electron chi connectivity index (χ4n) is 2.91. The number of nitrogens with two attached hydrogens (primary N) is 1. The zero-order valence-electron chi connectivity index (χ0n) is 11.8. The summed E-state index contributed by atoms with van der Waals surface area (Å²) in [6, 6.07) is 5.86. The van der Waals surface area contributed by atoms with Crippen molar-refractivity contribution in [1.29, 1.82) is 0 Å². The minimum absolute atomic E-state index is 0.0175. The zero-order chi connectivity index (χ0) is 14.0. The molecule has 1 heterocycles. The standard InChI is InChI=1S/C15H22N2O2/c1-10-6-4-7-11(2)17(10)15(18)12-8-5-9-13(16)14(12)19-3/h5,8-11H,4,6-7,16H2,1-3H3/t10-,11+. The fraction of sp³-hybridized carbons (Fsp3) is 0.533. The second-order valence-corrected chi connectivity index (χ2v) is 5.27. The summed E-state index contributed by atoms with van der Waals surface area (Å²) in [4.78, 5) is 14.7. The Balaban J connectivity index is 2.36. The third-order valence-electron chi connectivity index (χ3n) is 3.91. The summed E-state index contributed by atoms with van der Waals surface area (Å²) < 4.78 is 5.29. The molecule has 2 rings (SSSR count). The van der Waals surface area contributed by atoms with E-state index in [0.29, 0.717) is 17.0 Å². The van der Waals surface area contributed by atoms with Gasteiger partial charge in [-0.1, -0.05) is 6.07 Å². The van der Waals surface area contributed by atoms with Crippen LogP contribution >= 0.6 is 0 Å². The van der Waals surface area contributed by atoms with Crippen LogP contribution in [0.15, 0.2) is 18.2 Å². The predicted octanol–water partition coefficient (Wildman–Crippen LogP) is 2.68. The molecule has 0 saturated carbocycles. The molecule has 2 atom stereocenters. The highest BCUT2D eigenvalue weighted by molar-refractivity contribution is 5.99. The van der Waals surface area contributed by atoms with Gasteiger partial charge in [-0.25, -0.2) is 0 Å².